The predicted octanol–water partition coefficient (Wildman–Crippen LogP) is 3.74. The second-order valence-electron chi connectivity index (χ2n) is 4.73. The summed E-state index contributed by atoms with van der Waals surface area (Å²) in [5.41, 5.74) is -0.737. The number of hydrogen-bond donors (Lipinski definition) is 2. The fourth-order valence-electron chi connectivity index (χ4n) is 2.06. The Hall–Kier alpha value is -0.740. The lowest BCUT2D eigenvalue weighted by molar-refractivity contribution is 0.0903. The fraction of sp³-hybridized carbons (Fsp3) is 0.143. The molecule has 9 heteroatoms. The van der Waals surface area contributed by atoms with Crippen molar-refractivity contribution in [1.82, 2.24) is 4.72 Å². The van der Waals surface area contributed by atoms with Crippen molar-refractivity contribution in [3.63, 3.8) is 0 Å². The largest absolute Gasteiger partial charge is 0.378 e. The number of thiophene rings is 3. The molecule has 0 aromatic carbocycles. The third-order valence-electron chi connectivity index (χ3n) is 3.26. The normalized spacial score (nSPS) is 14.7. The van der Waals surface area contributed by atoms with Gasteiger partial charge in [-0.15, -0.1) is 22.7 Å². The first-order chi connectivity index (χ1) is 10.9. The molecule has 0 radical (unpaired) electrons. The maximum Gasteiger partial charge on any atom is 0.250 e. The zero-order chi connectivity index (χ0) is 16.5. The van der Waals surface area contributed by atoms with E-state index in [1.807, 2.05) is 22.2 Å². The van der Waals surface area contributed by atoms with E-state index in [9.17, 15) is 13.5 Å². The summed E-state index contributed by atoms with van der Waals surface area (Å²) in [6.45, 7) is -0.151. The van der Waals surface area contributed by atoms with Crippen molar-refractivity contribution in [2.75, 3.05) is 6.54 Å². The van der Waals surface area contributed by atoms with Crippen LogP contribution in [0.25, 0.3) is 0 Å². The minimum Gasteiger partial charge on any atom is -0.378 e. The molecule has 0 saturated carbocycles. The van der Waals surface area contributed by atoms with Crippen LogP contribution >= 0.6 is 45.6 Å². The van der Waals surface area contributed by atoms with Crippen LogP contribution in [-0.4, -0.2) is 20.1 Å². The monoisotopic (exact) mass is 405 g/mol. The summed E-state index contributed by atoms with van der Waals surface area (Å²) in [7, 11) is -3.72. The highest BCUT2D eigenvalue weighted by atomic mass is 35.5. The highest BCUT2D eigenvalue weighted by Crippen LogP contribution is 2.34. The molecular formula is C14H12ClNO3S4. The van der Waals surface area contributed by atoms with Gasteiger partial charge >= 0.3 is 0 Å². The van der Waals surface area contributed by atoms with Gasteiger partial charge in [0.25, 0.3) is 0 Å². The molecule has 0 bridgehead atoms. The van der Waals surface area contributed by atoms with E-state index in [2.05, 4.69) is 4.72 Å². The van der Waals surface area contributed by atoms with Crippen molar-refractivity contribution in [3.05, 3.63) is 61.2 Å². The van der Waals surface area contributed by atoms with Gasteiger partial charge in [0.15, 0.2) is 0 Å². The SMILES string of the molecule is O=S(=O)(NC[C@](O)(c1ccsc1)c1cccs1)c1ccc(Cl)s1. The van der Waals surface area contributed by atoms with Crippen LogP contribution in [0.2, 0.25) is 4.34 Å². The van der Waals surface area contributed by atoms with Crippen LogP contribution in [0.3, 0.4) is 0 Å². The summed E-state index contributed by atoms with van der Waals surface area (Å²) in [4.78, 5) is 0.683. The van der Waals surface area contributed by atoms with Crippen molar-refractivity contribution in [2.45, 2.75) is 9.81 Å². The number of nitrogens with one attached hydrogen (secondary N) is 1. The summed E-state index contributed by atoms with van der Waals surface area (Å²) in [5.74, 6) is 0. The standard InChI is InChI=1S/C14H12ClNO3S4/c15-12-3-4-13(22-12)23(18,19)16-9-14(17,10-5-7-20-8-10)11-2-1-6-21-11/h1-8,16-17H,9H2/t14-/m0/s1. The van der Waals surface area contributed by atoms with Gasteiger partial charge in [-0.05, 0) is 40.4 Å². The van der Waals surface area contributed by atoms with Crippen molar-refractivity contribution in [3.8, 4) is 0 Å². The molecule has 0 spiro atoms. The van der Waals surface area contributed by atoms with Crippen LogP contribution in [-0.2, 0) is 15.6 Å². The minimum atomic E-state index is -3.72. The number of hydrogen-bond acceptors (Lipinski definition) is 6. The molecule has 0 fully saturated rings. The molecule has 0 amide bonds. The molecule has 122 valence electrons. The second kappa shape index (κ2) is 6.64. The summed E-state index contributed by atoms with van der Waals surface area (Å²) in [5, 5.41) is 16.6. The zero-order valence-corrected chi connectivity index (χ0v) is 15.6. The quantitative estimate of drug-likeness (QED) is 0.656. The van der Waals surface area contributed by atoms with Gasteiger partial charge in [-0.2, -0.15) is 11.3 Å². The van der Waals surface area contributed by atoms with Gasteiger partial charge in [-0.25, -0.2) is 13.1 Å². The molecule has 3 rings (SSSR count). The fourth-order valence-corrected chi connectivity index (χ4v) is 6.21. The predicted molar refractivity (Wildman–Crippen MR) is 96.2 cm³/mol. The topological polar surface area (TPSA) is 66.4 Å². The Morgan fingerprint density at radius 2 is 2.04 bits per heavy atom. The number of rotatable bonds is 6. The van der Waals surface area contributed by atoms with Gasteiger partial charge in [0.05, 0.1) is 4.34 Å². The van der Waals surface area contributed by atoms with Crippen LogP contribution in [0.15, 0.2) is 50.7 Å². The Morgan fingerprint density at radius 1 is 1.22 bits per heavy atom. The molecule has 3 aromatic heterocycles. The molecule has 0 aliphatic carbocycles. The van der Waals surface area contributed by atoms with Gasteiger partial charge in [0.2, 0.25) is 10.0 Å². The average Bonchev–Trinajstić information content (AvgIpc) is 3.25. The first kappa shape index (κ1) is 17.1. The van der Waals surface area contributed by atoms with Crippen molar-refractivity contribution in [2.24, 2.45) is 0 Å². The molecule has 3 aromatic rings. The first-order valence-corrected chi connectivity index (χ1v) is 11.0. The number of sulfonamides is 1. The molecule has 1 atom stereocenters. The second-order valence-corrected chi connectivity index (χ2v) is 10.2. The molecule has 2 N–H and O–H groups in total. The van der Waals surface area contributed by atoms with E-state index in [4.69, 9.17) is 11.6 Å². The summed E-state index contributed by atoms with van der Waals surface area (Å²) >= 11 is 9.61. The van der Waals surface area contributed by atoms with E-state index in [-0.39, 0.29) is 10.8 Å². The van der Waals surface area contributed by atoms with Crippen LogP contribution in [0.4, 0.5) is 0 Å². The third kappa shape index (κ3) is 3.53. The Kier molecular flexibility index (Phi) is 4.93. The van der Waals surface area contributed by atoms with Gasteiger partial charge in [0, 0.05) is 17.0 Å². The van der Waals surface area contributed by atoms with Crippen molar-refractivity contribution < 1.29 is 13.5 Å². The lowest BCUT2D eigenvalue weighted by Crippen LogP contribution is -2.40. The van der Waals surface area contributed by atoms with E-state index >= 15 is 0 Å². The van der Waals surface area contributed by atoms with E-state index < -0.39 is 15.6 Å². The van der Waals surface area contributed by atoms with E-state index in [1.165, 1.54) is 34.8 Å². The van der Waals surface area contributed by atoms with Crippen LogP contribution in [0.5, 0.6) is 0 Å². The highest BCUT2D eigenvalue weighted by Gasteiger charge is 2.35. The summed E-state index contributed by atoms with van der Waals surface area (Å²) < 4.78 is 27.8. The minimum absolute atomic E-state index is 0.126. The molecule has 3 heterocycles. The summed E-state index contributed by atoms with van der Waals surface area (Å²) in [6.07, 6.45) is 0. The number of halogens is 1. The molecule has 0 unspecified atom stereocenters. The Balaban J connectivity index is 1.89. The lowest BCUT2D eigenvalue weighted by Gasteiger charge is -2.26. The highest BCUT2D eigenvalue weighted by molar-refractivity contribution is 7.91. The first-order valence-electron chi connectivity index (χ1n) is 6.46. The maximum atomic E-state index is 12.4. The van der Waals surface area contributed by atoms with Crippen LogP contribution in [0.1, 0.15) is 10.4 Å². The van der Waals surface area contributed by atoms with Crippen LogP contribution < -0.4 is 4.72 Å². The molecule has 4 nitrogen and oxygen atoms in total. The Bertz CT molecular complexity index is 835. The van der Waals surface area contributed by atoms with Crippen molar-refractivity contribution >= 4 is 55.6 Å². The van der Waals surface area contributed by atoms with Gasteiger partial charge in [0.1, 0.15) is 9.81 Å². The number of aliphatic hydroxyl groups is 1. The molecule has 0 aliphatic heterocycles. The van der Waals surface area contributed by atoms with Gasteiger partial charge in [-0.3, -0.25) is 0 Å². The van der Waals surface area contributed by atoms with E-state index in [0.29, 0.717) is 14.8 Å². The average molecular weight is 406 g/mol. The maximum absolute atomic E-state index is 12.4. The third-order valence-corrected chi connectivity index (χ3v) is 8.09. The molecule has 0 aliphatic rings. The van der Waals surface area contributed by atoms with Gasteiger partial charge < -0.3 is 5.11 Å². The van der Waals surface area contributed by atoms with Crippen molar-refractivity contribution in [1.29, 1.82) is 0 Å². The van der Waals surface area contributed by atoms with E-state index in [1.54, 1.807) is 12.1 Å². The van der Waals surface area contributed by atoms with E-state index in [0.717, 1.165) is 11.3 Å². The van der Waals surface area contributed by atoms with Crippen LogP contribution in [0, 0.1) is 0 Å². The Morgan fingerprint density at radius 3 is 2.61 bits per heavy atom. The Labute approximate surface area is 151 Å². The zero-order valence-electron chi connectivity index (χ0n) is 11.6. The smallest absolute Gasteiger partial charge is 0.250 e. The summed E-state index contributed by atoms with van der Waals surface area (Å²) in [6, 6.07) is 8.39. The lowest BCUT2D eigenvalue weighted by atomic mass is 9.95. The van der Waals surface area contributed by atoms with Gasteiger partial charge in [-0.1, -0.05) is 17.7 Å². The molecular weight excluding hydrogens is 394 g/mol. The molecule has 0 saturated heterocycles. The molecule has 23 heavy (non-hydrogen) atoms.